The Hall–Kier alpha value is -3.76. The number of quaternary nitrogens is 1. The number of aryl methyl sites for hydroxylation is 1. The Bertz CT molecular complexity index is 1490. The lowest BCUT2D eigenvalue weighted by molar-refractivity contribution is -0.987. The fraction of sp³-hybridized carbons (Fsp3) is 0.286. The van der Waals surface area contributed by atoms with Gasteiger partial charge < -0.3 is 9.80 Å². The van der Waals surface area contributed by atoms with Crippen LogP contribution < -0.4 is 5.32 Å². The fourth-order valence-electron chi connectivity index (χ4n) is 7.24. The Morgan fingerprint density at radius 3 is 2.13 bits per heavy atom. The van der Waals surface area contributed by atoms with Gasteiger partial charge in [-0.15, -0.1) is 0 Å². The quantitative estimate of drug-likeness (QED) is 0.291. The number of carbonyl (C=O) groups excluding carboxylic acids is 1. The van der Waals surface area contributed by atoms with Crippen molar-refractivity contribution in [2.75, 3.05) is 6.54 Å². The van der Waals surface area contributed by atoms with E-state index in [0.717, 1.165) is 25.8 Å². The second-order valence-electron chi connectivity index (χ2n) is 11.2. The summed E-state index contributed by atoms with van der Waals surface area (Å²) in [4.78, 5) is 14.1. The fourth-order valence-corrected chi connectivity index (χ4v) is 7.24. The van der Waals surface area contributed by atoms with Crippen molar-refractivity contribution < 1.29 is 13.7 Å². The van der Waals surface area contributed by atoms with Crippen LogP contribution in [-0.4, -0.2) is 29.0 Å². The third-order valence-corrected chi connectivity index (χ3v) is 9.30. The molecule has 39 heavy (non-hydrogen) atoms. The Morgan fingerprint density at radius 2 is 1.44 bits per heavy atom. The van der Waals surface area contributed by atoms with Crippen LogP contribution in [0.15, 0.2) is 97.1 Å². The number of carbonyl (C=O) groups is 1. The van der Waals surface area contributed by atoms with E-state index in [4.69, 9.17) is 0 Å². The zero-order chi connectivity index (χ0) is 27.0. The van der Waals surface area contributed by atoms with Crippen LogP contribution in [0.1, 0.15) is 51.9 Å². The molecule has 4 aromatic rings. The van der Waals surface area contributed by atoms with Crippen molar-refractivity contribution in [1.29, 1.82) is 0 Å². The van der Waals surface area contributed by atoms with E-state index in [0.29, 0.717) is 10.0 Å². The molecular formula is C35H36FN2O+. The largest absolute Gasteiger partial charge is 0.347 e. The number of halogens is 1. The average Bonchev–Trinajstić information content (AvgIpc) is 3.41. The number of benzene rings is 4. The maximum atomic E-state index is 14.4. The lowest BCUT2D eigenvalue weighted by Crippen LogP contribution is -2.68. The lowest BCUT2D eigenvalue weighted by Gasteiger charge is -2.55. The highest BCUT2D eigenvalue weighted by Crippen LogP contribution is 2.48. The van der Waals surface area contributed by atoms with E-state index in [9.17, 15) is 9.18 Å². The molecule has 4 heteroatoms. The molecule has 2 aliphatic rings. The van der Waals surface area contributed by atoms with E-state index < -0.39 is 0 Å². The summed E-state index contributed by atoms with van der Waals surface area (Å²) in [5.41, 5.74) is 8.52. The van der Waals surface area contributed by atoms with Crippen LogP contribution in [-0.2, 0) is 30.6 Å². The molecular weight excluding hydrogens is 483 g/mol. The predicted octanol–water partition coefficient (Wildman–Crippen LogP) is 6.47. The summed E-state index contributed by atoms with van der Waals surface area (Å²) in [6.07, 6.45) is 2.83. The van der Waals surface area contributed by atoms with Gasteiger partial charge in [-0.25, -0.2) is 4.39 Å². The molecule has 6 rings (SSSR count). The SMILES string of the molecule is Cc1ccccc1[C@H]1c2ccccc2CC[N+]1(C1Cc2ccccc2C1)[C@@H](C)C(=O)NCc1ccccc1F. The van der Waals surface area contributed by atoms with Gasteiger partial charge in [0.1, 0.15) is 11.9 Å². The third-order valence-electron chi connectivity index (χ3n) is 9.30. The normalized spacial score (nSPS) is 21.2. The lowest BCUT2D eigenvalue weighted by atomic mass is 9.80. The van der Waals surface area contributed by atoms with Gasteiger partial charge in [0.25, 0.3) is 5.91 Å². The van der Waals surface area contributed by atoms with Gasteiger partial charge in [0.2, 0.25) is 0 Å². The molecule has 0 fully saturated rings. The van der Waals surface area contributed by atoms with Crippen molar-refractivity contribution in [3.63, 3.8) is 0 Å². The molecule has 0 spiro atoms. The van der Waals surface area contributed by atoms with Gasteiger partial charge in [-0.05, 0) is 42.2 Å². The van der Waals surface area contributed by atoms with Crippen LogP contribution >= 0.6 is 0 Å². The smallest absolute Gasteiger partial charge is 0.278 e. The van der Waals surface area contributed by atoms with Crippen molar-refractivity contribution in [3.8, 4) is 0 Å². The van der Waals surface area contributed by atoms with E-state index in [1.54, 1.807) is 12.1 Å². The second-order valence-corrected chi connectivity index (χ2v) is 11.2. The van der Waals surface area contributed by atoms with Gasteiger partial charge in [-0.2, -0.15) is 0 Å². The molecule has 3 atom stereocenters. The Kier molecular flexibility index (Phi) is 6.82. The molecule has 0 saturated carbocycles. The van der Waals surface area contributed by atoms with E-state index in [-0.39, 0.29) is 36.4 Å². The van der Waals surface area contributed by atoms with E-state index in [2.05, 4.69) is 92.0 Å². The Morgan fingerprint density at radius 1 is 0.846 bits per heavy atom. The summed E-state index contributed by atoms with van der Waals surface area (Å²) >= 11 is 0. The maximum absolute atomic E-state index is 14.4. The zero-order valence-corrected chi connectivity index (χ0v) is 22.7. The highest BCUT2D eigenvalue weighted by atomic mass is 19.1. The Labute approximate surface area is 230 Å². The van der Waals surface area contributed by atoms with Gasteiger partial charge in [0, 0.05) is 42.5 Å². The summed E-state index contributed by atoms with van der Waals surface area (Å²) in [7, 11) is 0. The van der Waals surface area contributed by atoms with Crippen molar-refractivity contribution in [3.05, 3.63) is 142 Å². The van der Waals surface area contributed by atoms with Crippen molar-refractivity contribution >= 4 is 5.91 Å². The molecule has 1 unspecified atom stereocenters. The summed E-state index contributed by atoms with van der Waals surface area (Å²) in [5, 5.41) is 3.12. The highest BCUT2D eigenvalue weighted by Gasteiger charge is 2.55. The number of fused-ring (bicyclic) bond motifs is 2. The van der Waals surface area contributed by atoms with Crippen LogP contribution in [0.4, 0.5) is 4.39 Å². The van der Waals surface area contributed by atoms with Crippen LogP contribution in [0.3, 0.4) is 0 Å². The first-order valence-electron chi connectivity index (χ1n) is 14.1. The minimum absolute atomic E-state index is 0.0211. The molecule has 3 nitrogen and oxygen atoms in total. The summed E-state index contributed by atoms with van der Waals surface area (Å²) in [6, 6.07) is 32.8. The van der Waals surface area contributed by atoms with Crippen molar-refractivity contribution in [2.24, 2.45) is 0 Å². The molecule has 0 bridgehead atoms. The minimum atomic E-state index is -0.325. The standard InChI is InChI=1S/C35H35FN2O/c1-24-11-3-8-16-31(24)34-32-17-9-6-12-26(32)19-20-38(34,30-21-27-13-4-5-14-28(27)22-30)25(2)35(39)37-23-29-15-7-10-18-33(29)36/h3-18,25,30,34H,19-23H2,1-2H3/p+1/t25-,34-,38?/m0/s1. The number of hydrogen-bond donors (Lipinski definition) is 1. The maximum Gasteiger partial charge on any atom is 0.278 e. The first-order chi connectivity index (χ1) is 19.0. The van der Waals surface area contributed by atoms with Crippen LogP contribution in [0.5, 0.6) is 0 Å². The molecule has 1 N–H and O–H groups in total. The molecule has 1 heterocycles. The first-order valence-corrected chi connectivity index (χ1v) is 14.1. The Balaban J connectivity index is 1.46. The van der Waals surface area contributed by atoms with E-state index in [1.165, 1.54) is 39.4 Å². The molecule has 0 saturated heterocycles. The van der Waals surface area contributed by atoms with Gasteiger partial charge in [0.05, 0.1) is 12.6 Å². The molecule has 1 aliphatic carbocycles. The van der Waals surface area contributed by atoms with Crippen LogP contribution in [0.2, 0.25) is 0 Å². The number of rotatable bonds is 6. The van der Waals surface area contributed by atoms with Crippen LogP contribution in [0.25, 0.3) is 0 Å². The molecule has 1 aliphatic heterocycles. The molecule has 1 amide bonds. The summed E-state index contributed by atoms with van der Waals surface area (Å²) in [5.74, 6) is -0.308. The van der Waals surface area contributed by atoms with E-state index in [1.807, 2.05) is 6.07 Å². The second kappa shape index (κ2) is 10.4. The highest BCUT2D eigenvalue weighted by molar-refractivity contribution is 5.80. The van der Waals surface area contributed by atoms with Crippen molar-refractivity contribution in [1.82, 2.24) is 5.32 Å². The van der Waals surface area contributed by atoms with Crippen molar-refractivity contribution in [2.45, 2.75) is 57.8 Å². The minimum Gasteiger partial charge on any atom is -0.347 e. The third kappa shape index (κ3) is 4.47. The van der Waals surface area contributed by atoms with E-state index >= 15 is 0 Å². The van der Waals surface area contributed by atoms with Gasteiger partial charge in [-0.1, -0.05) is 91.0 Å². The number of hydrogen-bond acceptors (Lipinski definition) is 1. The molecule has 198 valence electrons. The molecule has 4 aromatic carbocycles. The molecule has 0 radical (unpaired) electrons. The number of nitrogens with one attached hydrogen (secondary N) is 1. The van der Waals surface area contributed by atoms with Gasteiger partial charge in [-0.3, -0.25) is 4.79 Å². The monoisotopic (exact) mass is 519 g/mol. The van der Waals surface area contributed by atoms with Gasteiger partial charge in [0.15, 0.2) is 6.04 Å². The molecule has 0 aromatic heterocycles. The van der Waals surface area contributed by atoms with Crippen LogP contribution in [0, 0.1) is 12.7 Å². The first kappa shape index (κ1) is 25.5. The topological polar surface area (TPSA) is 29.1 Å². The summed E-state index contributed by atoms with van der Waals surface area (Å²) in [6.45, 7) is 5.35. The zero-order valence-electron chi connectivity index (χ0n) is 22.7. The van der Waals surface area contributed by atoms with Gasteiger partial charge >= 0.3 is 0 Å². The predicted molar refractivity (Wildman–Crippen MR) is 154 cm³/mol. The average molecular weight is 520 g/mol. The summed E-state index contributed by atoms with van der Waals surface area (Å²) < 4.78 is 15.1. The number of amides is 1. The number of nitrogens with zero attached hydrogens (tertiary/aromatic N) is 1.